The normalized spacial score (nSPS) is 52.6. The summed E-state index contributed by atoms with van der Waals surface area (Å²) in [5, 5.41) is 0. The van der Waals surface area contributed by atoms with Crippen molar-refractivity contribution in [2.75, 3.05) is 0 Å². The molecule has 2 unspecified atom stereocenters. The molecule has 10 atom stereocenters. The van der Waals surface area contributed by atoms with E-state index < -0.39 is 8.07 Å². The van der Waals surface area contributed by atoms with Gasteiger partial charge in [-0.1, -0.05) is 68.5 Å². The third-order valence-electron chi connectivity index (χ3n) is 8.96. The molecule has 1 heteroatoms. The van der Waals surface area contributed by atoms with E-state index in [0.29, 0.717) is 0 Å². The number of rotatable bonds is 2. The van der Waals surface area contributed by atoms with E-state index >= 15 is 0 Å². The molecule has 0 saturated heterocycles. The molecule has 0 aromatic rings. The molecule has 2 fully saturated rings. The van der Waals surface area contributed by atoms with Gasteiger partial charge in [-0.15, -0.1) is 0 Å². The zero-order valence-electron chi connectivity index (χ0n) is 16.3. The van der Waals surface area contributed by atoms with Crippen molar-refractivity contribution in [1.82, 2.24) is 0 Å². The summed E-state index contributed by atoms with van der Waals surface area (Å²) in [7, 11) is -1.26. The fourth-order valence-corrected chi connectivity index (χ4v) is 14.2. The number of hydrogen-bond donors (Lipinski definition) is 0. The summed E-state index contributed by atoms with van der Waals surface area (Å²) in [4.78, 5) is 0. The molecule has 124 valence electrons. The van der Waals surface area contributed by atoms with Gasteiger partial charge in [-0.05, 0) is 58.4 Å². The van der Waals surface area contributed by atoms with Gasteiger partial charge in [-0.3, -0.25) is 0 Å². The second-order valence-electron chi connectivity index (χ2n) is 9.75. The molecule has 0 bridgehead atoms. The standard InChI is InChI=1S/C20H40Si/c1-11-12(2)16(6)19(15(11)5)21(9,10)20-17(7)13(3)14(4)18(20)8/h11-20H,1-10H3/t11-,12+,13-,14+,15-,16-,17-,18+,19?,20?/m0/s1. The van der Waals surface area contributed by atoms with Crippen LogP contribution < -0.4 is 0 Å². The van der Waals surface area contributed by atoms with E-state index in [1.54, 1.807) is 0 Å². The summed E-state index contributed by atoms with van der Waals surface area (Å²) in [6.45, 7) is 25.8. The maximum Gasteiger partial charge on any atom is 0.0546 e. The highest BCUT2D eigenvalue weighted by molar-refractivity contribution is 6.80. The van der Waals surface area contributed by atoms with Gasteiger partial charge in [0.2, 0.25) is 0 Å². The molecule has 0 nitrogen and oxygen atoms in total. The van der Waals surface area contributed by atoms with E-state index in [0.717, 1.165) is 58.4 Å². The van der Waals surface area contributed by atoms with Crippen molar-refractivity contribution in [2.24, 2.45) is 47.3 Å². The maximum atomic E-state index is 2.75. The Balaban J connectivity index is 2.34. The zero-order valence-corrected chi connectivity index (χ0v) is 17.3. The fourth-order valence-electron chi connectivity index (χ4n) is 7.11. The molecule has 0 aliphatic heterocycles. The molecular formula is C20H40Si. The summed E-state index contributed by atoms with van der Waals surface area (Å²) in [5.41, 5.74) is 2.05. The molecule has 21 heavy (non-hydrogen) atoms. The van der Waals surface area contributed by atoms with Crippen molar-refractivity contribution in [2.45, 2.75) is 79.6 Å². The van der Waals surface area contributed by atoms with Gasteiger partial charge in [-0.2, -0.15) is 0 Å². The molecule has 2 rings (SSSR count). The smallest absolute Gasteiger partial charge is 0.0546 e. The van der Waals surface area contributed by atoms with Crippen LogP contribution in [0.1, 0.15) is 55.4 Å². The van der Waals surface area contributed by atoms with Gasteiger partial charge in [0.1, 0.15) is 0 Å². The average molecular weight is 309 g/mol. The van der Waals surface area contributed by atoms with Crippen LogP contribution in [0.15, 0.2) is 0 Å². The van der Waals surface area contributed by atoms with Crippen molar-refractivity contribution >= 4 is 8.07 Å². The molecule has 2 aliphatic carbocycles. The highest BCUT2D eigenvalue weighted by atomic mass is 28.3. The van der Waals surface area contributed by atoms with E-state index in [2.05, 4.69) is 68.5 Å². The molecular weight excluding hydrogens is 268 g/mol. The van der Waals surface area contributed by atoms with E-state index in [1.807, 2.05) is 0 Å². The quantitative estimate of drug-likeness (QED) is 0.507. The largest absolute Gasteiger partial charge is 0.0689 e. The Hall–Kier alpha value is 0.217. The molecule has 0 N–H and O–H groups in total. The minimum absolute atomic E-state index is 0.915. The van der Waals surface area contributed by atoms with Crippen molar-refractivity contribution in [1.29, 1.82) is 0 Å². The zero-order chi connectivity index (χ0) is 16.3. The Labute approximate surface area is 135 Å². The second kappa shape index (κ2) is 5.69. The molecule has 0 heterocycles. The van der Waals surface area contributed by atoms with Crippen LogP contribution in [0.5, 0.6) is 0 Å². The van der Waals surface area contributed by atoms with Crippen molar-refractivity contribution in [3.05, 3.63) is 0 Å². The van der Waals surface area contributed by atoms with Crippen LogP contribution in [-0.4, -0.2) is 8.07 Å². The van der Waals surface area contributed by atoms with Gasteiger partial charge in [-0.25, -0.2) is 0 Å². The van der Waals surface area contributed by atoms with Gasteiger partial charge in [0.25, 0.3) is 0 Å². The predicted octanol–water partition coefficient (Wildman–Crippen LogP) is 6.55. The first-order chi connectivity index (χ1) is 9.53. The lowest BCUT2D eigenvalue weighted by Crippen LogP contribution is -2.45. The third-order valence-corrected chi connectivity index (χ3v) is 14.5. The molecule has 2 aliphatic rings. The van der Waals surface area contributed by atoms with E-state index in [9.17, 15) is 0 Å². The van der Waals surface area contributed by atoms with Gasteiger partial charge in [0.05, 0.1) is 8.07 Å². The van der Waals surface area contributed by atoms with Gasteiger partial charge < -0.3 is 0 Å². The Bertz CT molecular complexity index is 312. The Morgan fingerprint density at radius 3 is 0.762 bits per heavy atom. The number of hydrogen-bond acceptors (Lipinski definition) is 0. The monoisotopic (exact) mass is 308 g/mol. The Morgan fingerprint density at radius 2 is 0.571 bits per heavy atom. The summed E-state index contributed by atoms with van der Waals surface area (Å²) in [5.74, 6) is 7.39. The van der Waals surface area contributed by atoms with Crippen LogP contribution >= 0.6 is 0 Å². The summed E-state index contributed by atoms with van der Waals surface area (Å²) < 4.78 is 0. The van der Waals surface area contributed by atoms with Crippen molar-refractivity contribution < 1.29 is 0 Å². The predicted molar refractivity (Wildman–Crippen MR) is 98.3 cm³/mol. The van der Waals surface area contributed by atoms with Gasteiger partial charge >= 0.3 is 0 Å². The van der Waals surface area contributed by atoms with Crippen molar-refractivity contribution in [3.63, 3.8) is 0 Å². The average Bonchev–Trinajstić information content (AvgIpc) is 2.72. The van der Waals surface area contributed by atoms with Crippen LogP contribution in [0, 0.1) is 47.3 Å². The minimum Gasteiger partial charge on any atom is -0.0689 e. The molecule has 0 aromatic heterocycles. The van der Waals surface area contributed by atoms with E-state index in [4.69, 9.17) is 0 Å². The van der Waals surface area contributed by atoms with Crippen LogP contribution in [-0.2, 0) is 0 Å². The molecule has 0 amide bonds. The first-order valence-electron chi connectivity index (χ1n) is 9.53. The molecule has 2 saturated carbocycles. The Kier molecular flexibility index (Phi) is 4.76. The Morgan fingerprint density at radius 1 is 0.381 bits per heavy atom. The lowest BCUT2D eigenvalue weighted by Gasteiger charge is -2.45. The first-order valence-corrected chi connectivity index (χ1v) is 12.7. The second-order valence-corrected chi connectivity index (χ2v) is 14.7. The highest BCUT2D eigenvalue weighted by Crippen LogP contribution is 2.62. The first kappa shape index (κ1) is 17.6. The molecule has 0 spiro atoms. The lowest BCUT2D eigenvalue weighted by atomic mass is 9.92. The maximum absolute atomic E-state index is 2.75. The third kappa shape index (κ3) is 2.46. The van der Waals surface area contributed by atoms with E-state index in [1.165, 1.54) is 0 Å². The minimum atomic E-state index is -1.26. The van der Waals surface area contributed by atoms with E-state index in [-0.39, 0.29) is 0 Å². The molecule has 0 aromatic carbocycles. The van der Waals surface area contributed by atoms with Crippen LogP contribution in [0.4, 0.5) is 0 Å². The summed E-state index contributed by atoms with van der Waals surface area (Å²) in [6.07, 6.45) is 0. The topological polar surface area (TPSA) is 0 Å². The van der Waals surface area contributed by atoms with Gasteiger partial charge in [0, 0.05) is 0 Å². The highest BCUT2D eigenvalue weighted by Gasteiger charge is 2.57. The fraction of sp³-hybridized carbons (Fsp3) is 1.00. The lowest BCUT2D eigenvalue weighted by molar-refractivity contribution is 0.352. The SMILES string of the molecule is C[C@@H]1[C@H](C)[C@H](C)C([Si](C)(C)C2[C@@H](C)[C@@H](C)[C@@H](C)[C@H]2C)[C@H]1C. The van der Waals surface area contributed by atoms with Crippen LogP contribution in [0.3, 0.4) is 0 Å². The van der Waals surface area contributed by atoms with Crippen molar-refractivity contribution in [3.8, 4) is 0 Å². The summed E-state index contributed by atoms with van der Waals surface area (Å²) in [6, 6.07) is 0. The summed E-state index contributed by atoms with van der Waals surface area (Å²) >= 11 is 0. The molecule has 0 radical (unpaired) electrons. The van der Waals surface area contributed by atoms with Crippen LogP contribution in [0.25, 0.3) is 0 Å². The van der Waals surface area contributed by atoms with Crippen LogP contribution in [0.2, 0.25) is 24.2 Å². The van der Waals surface area contributed by atoms with Gasteiger partial charge in [0.15, 0.2) is 0 Å².